The lowest BCUT2D eigenvalue weighted by molar-refractivity contribution is -0.143. The van der Waals surface area contributed by atoms with E-state index in [1.165, 1.54) is 4.90 Å². The van der Waals surface area contributed by atoms with Gasteiger partial charge < -0.3 is 9.80 Å². The van der Waals surface area contributed by atoms with E-state index in [1.807, 2.05) is 36.4 Å². The van der Waals surface area contributed by atoms with E-state index in [0.29, 0.717) is 12.1 Å². The number of halogens is 6. The van der Waals surface area contributed by atoms with Gasteiger partial charge in [-0.1, -0.05) is 72.8 Å². The molecule has 1 atom stereocenters. The van der Waals surface area contributed by atoms with Gasteiger partial charge in [0.15, 0.2) is 0 Å². The molecule has 1 aliphatic rings. The second-order valence-electron chi connectivity index (χ2n) is 9.49. The van der Waals surface area contributed by atoms with Crippen molar-refractivity contribution >= 4 is 17.9 Å². The van der Waals surface area contributed by atoms with Crippen LogP contribution in [0, 0.1) is 0 Å². The standard InChI is InChI=1S/C30H26F6N2O2/c31-29(32,33)24-17-23(18-25(19-24)30(34,35)36)28(40)38-15-14-37(20-26(38)16-22-10-5-2-6-11-22)27(39)13-7-12-21-8-3-1-4-9-21/h1-12,17-19,26H,13-16,20H2/b12-7+/t26-/m1/s1. The maximum Gasteiger partial charge on any atom is 0.416 e. The fourth-order valence-electron chi connectivity index (χ4n) is 4.64. The first kappa shape index (κ1) is 28.9. The van der Waals surface area contributed by atoms with Gasteiger partial charge in [-0.05, 0) is 35.7 Å². The molecule has 2 amide bonds. The summed E-state index contributed by atoms with van der Waals surface area (Å²) < 4.78 is 80.5. The fourth-order valence-corrected chi connectivity index (χ4v) is 4.64. The van der Waals surface area contributed by atoms with Crippen molar-refractivity contribution in [2.24, 2.45) is 0 Å². The fraction of sp³-hybridized carbons (Fsp3) is 0.267. The van der Waals surface area contributed by atoms with Crippen molar-refractivity contribution in [2.75, 3.05) is 19.6 Å². The summed E-state index contributed by atoms with van der Waals surface area (Å²) in [5, 5.41) is 0. The average Bonchev–Trinajstić information content (AvgIpc) is 2.92. The van der Waals surface area contributed by atoms with Gasteiger partial charge in [0.05, 0.1) is 17.2 Å². The lowest BCUT2D eigenvalue weighted by Gasteiger charge is -2.42. The molecule has 1 saturated heterocycles. The van der Waals surface area contributed by atoms with Crippen molar-refractivity contribution < 1.29 is 35.9 Å². The normalized spacial score (nSPS) is 16.4. The molecule has 4 rings (SSSR count). The topological polar surface area (TPSA) is 40.6 Å². The maximum absolute atomic E-state index is 13.4. The highest BCUT2D eigenvalue weighted by Crippen LogP contribution is 2.37. The largest absolute Gasteiger partial charge is 0.416 e. The van der Waals surface area contributed by atoms with E-state index in [-0.39, 0.29) is 44.4 Å². The van der Waals surface area contributed by atoms with Gasteiger partial charge in [0, 0.05) is 31.6 Å². The Bertz CT molecular complexity index is 1320. The smallest absolute Gasteiger partial charge is 0.339 e. The Kier molecular flexibility index (Phi) is 8.66. The van der Waals surface area contributed by atoms with Gasteiger partial charge in [-0.15, -0.1) is 0 Å². The number of nitrogens with zero attached hydrogens (tertiary/aromatic N) is 2. The van der Waals surface area contributed by atoms with Crippen LogP contribution >= 0.6 is 0 Å². The first-order valence-electron chi connectivity index (χ1n) is 12.6. The summed E-state index contributed by atoms with van der Waals surface area (Å²) in [5.74, 6) is -1.15. The Morgan fingerprint density at radius 2 is 1.38 bits per heavy atom. The summed E-state index contributed by atoms with van der Waals surface area (Å²) in [4.78, 5) is 29.2. The Balaban J connectivity index is 1.58. The monoisotopic (exact) mass is 560 g/mol. The molecule has 0 aliphatic carbocycles. The highest BCUT2D eigenvalue weighted by atomic mass is 19.4. The number of carbonyl (C=O) groups excluding carboxylic acids is 2. The summed E-state index contributed by atoms with van der Waals surface area (Å²) in [6.45, 7) is 0.145. The van der Waals surface area contributed by atoms with E-state index in [9.17, 15) is 35.9 Å². The first-order chi connectivity index (χ1) is 18.9. The lowest BCUT2D eigenvalue weighted by atomic mass is 9.99. The summed E-state index contributed by atoms with van der Waals surface area (Å²) in [6, 6.07) is 18.6. The van der Waals surface area contributed by atoms with E-state index >= 15 is 0 Å². The zero-order valence-corrected chi connectivity index (χ0v) is 21.3. The molecule has 0 unspecified atom stereocenters. The van der Waals surface area contributed by atoms with Gasteiger partial charge in [0.2, 0.25) is 5.91 Å². The average molecular weight is 561 g/mol. The van der Waals surface area contributed by atoms with Crippen LogP contribution in [0.5, 0.6) is 0 Å². The highest BCUT2D eigenvalue weighted by Gasteiger charge is 2.39. The minimum Gasteiger partial charge on any atom is -0.339 e. The van der Waals surface area contributed by atoms with Crippen LogP contribution in [-0.4, -0.2) is 47.3 Å². The Hall–Kier alpha value is -4.08. The third-order valence-corrected chi connectivity index (χ3v) is 6.65. The minimum atomic E-state index is -5.07. The maximum atomic E-state index is 13.4. The summed E-state index contributed by atoms with van der Waals surface area (Å²) in [7, 11) is 0. The van der Waals surface area contributed by atoms with E-state index < -0.39 is 41.0 Å². The number of rotatable bonds is 6. The van der Waals surface area contributed by atoms with Crippen molar-refractivity contribution in [1.29, 1.82) is 0 Å². The van der Waals surface area contributed by atoms with Gasteiger partial charge in [-0.25, -0.2) is 0 Å². The van der Waals surface area contributed by atoms with Crippen molar-refractivity contribution in [2.45, 2.75) is 31.2 Å². The third kappa shape index (κ3) is 7.31. The van der Waals surface area contributed by atoms with Crippen molar-refractivity contribution in [3.05, 3.63) is 113 Å². The minimum absolute atomic E-state index is 0.00218. The van der Waals surface area contributed by atoms with Gasteiger partial charge in [0.25, 0.3) is 5.91 Å². The summed E-state index contributed by atoms with van der Waals surface area (Å²) >= 11 is 0. The SMILES string of the molecule is O=C(C/C=C/c1ccccc1)N1CCN(C(=O)c2cc(C(F)(F)F)cc(C(F)(F)F)c2)[C@H](Cc2ccccc2)C1. The molecule has 0 aromatic heterocycles. The molecule has 0 radical (unpaired) electrons. The van der Waals surface area contributed by atoms with Crippen LogP contribution in [0.2, 0.25) is 0 Å². The van der Waals surface area contributed by atoms with Crippen LogP contribution in [0.4, 0.5) is 26.3 Å². The Morgan fingerprint density at radius 1 is 0.800 bits per heavy atom. The molecule has 0 N–H and O–H groups in total. The van der Waals surface area contributed by atoms with Crippen LogP contribution in [0.25, 0.3) is 6.08 Å². The van der Waals surface area contributed by atoms with Crippen LogP contribution < -0.4 is 0 Å². The number of carbonyl (C=O) groups is 2. The Morgan fingerprint density at radius 3 is 1.95 bits per heavy atom. The molecule has 210 valence electrons. The van der Waals surface area contributed by atoms with Crippen molar-refractivity contribution in [3.8, 4) is 0 Å². The lowest BCUT2D eigenvalue weighted by Crippen LogP contribution is -2.57. The number of hydrogen-bond donors (Lipinski definition) is 0. The third-order valence-electron chi connectivity index (χ3n) is 6.65. The summed E-state index contributed by atoms with van der Waals surface area (Å²) in [6.07, 6.45) is -6.24. The highest BCUT2D eigenvalue weighted by molar-refractivity contribution is 5.95. The molecular weight excluding hydrogens is 534 g/mol. The predicted molar refractivity (Wildman–Crippen MR) is 138 cm³/mol. The number of amides is 2. The quantitative estimate of drug-likeness (QED) is 0.314. The van der Waals surface area contributed by atoms with Crippen molar-refractivity contribution in [1.82, 2.24) is 9.80 Å². The first-order valence-corrected chi connectivity index (χ1v) is 12.6. The molecule has 0 bridgehead atoms. The van der Waals surface area contributed by atoms with Crippen LogP contribution in [0.3, 0.4) is 0 Å². The van der Waals surface area contributed by atoms with E-state index in [4.69, 9.17) is 0 Å². The van der Waals surface area contributed by atoms with Gasteiger partial charge in [-0.3, -0.25) is 9.59 Å². The molecule has 3 aromatic carbocycles. The number of benzene rings is 3. The molecule has 1 heterocycles. The second-order valence-corrected chi connectivity index (χ2v) is 9.49. The van der Waals surface area contributed by atoms with Gasteiger partial charge in [-0.2, -0.15) is 26.3 Å². The molecule has 0 spiro atoms. The Labute approximate surface area is 227 Å². The molecule has 40 heavy (non-hydrogen) atoms. The summed E-state index contributed by atoms with van der Waals surface area (Å²) in [5.41, 5.74) is -2.07. The molecule has 4 nitrogen and oxygen atoms in total. The van der Waals surface area contributed by atoms with E-state index in [2.05, 4.69) is 0 Å². The number of alkyl halides is 6. The van der Waals surface area contributed by atoms with Crippen LogP contribution in [0.15, 0.2) is 84.9 Å². The van der Waals surface area contributed by atoms with E-state index in [0.717, 1.165) is 11.1 Å². The molecule has 1 fully saturated rings. The van der Waals surface area contributed by atoms with E-state index in [1.54, 1.807) is 41.3 Å². The predicted octanol–water partition coefficient (Wildman–Crippen LogP) is 6.72. The number of piperazine rings is 1. The molecule has 0 saturated carbocycles. The second kappa shape index (κ2) is 12.0. The molecule has 3 aromatic rings. The van der Waals surface area contributed by atoms with Crippen LogP contribution in [-0.2, 0) is 23.6 Å². The van der Waals surface area contributed by atoms with Gasteiger partial charge >= 0.3 is 12.4 Å². The zero-order valence-electron chi connectivity index (χ0n) is 21.3. The zero-order chi connectivity index (χ0) is 28.9. The molecule has 1 aliphatic heterocycles. The molecular formula is C30H26F6N2O2. The van der Waals surface area contributed by atoms with Gasteiger partial charge in [0.1, 0.15) is 0 Å². The van der Waals surface area contributed by atoms with Crippen molar-refractivity contribution in [3.63, 3.8) is 0 Å². The number of hydrogen-bond acceptors (Lipinski definition) is 2. The molecule has 10 heteroatoms. The van der Waals surface area contributed by atoms with Crippen LogP contribution in [0.1, 0.15) is 39.0 Å².